The Morgan fingerprint density at radius 3 is 2.50 bits per heavy atom. The highest BCUT2D eigenvalue weighted by molar-refractivity contribution is 5.84. The molecule has 0 aliphatic carbocycles. The second-order valence-corrected chi connectivity index (χ2v) is 4.20. The lowest BCUT2D eigenvalue weighted by Crippen LogP contribution is -2.40. The van der Waals surface area contributed by atoms with E-state index in [4.69, 9.17) is 20.0 Å². The van der Waals surface area contributed by atoms with Crippen molar-refractivity contribution in [2.24, 2.45) is 5.92 Å². The second kappa shape index (κ2) is 6.53. The smallest absolute Gasteiger partial charge is 0.318 e. The summed E-state index contributed by atoms with van der Waals surface area (Å²) in [5.41, 5.74) is -0.955. The van der Waals surface area contributed by atoms with E-state index < -0.39 is 17.3 Å². The van der Waals surface area contributed by atoms with Crippen molar-refractivity contribution in [3.63, 3.8) is 0 Å². The molecule has 0 radical (unpaired) electrons. The highest BCUT2D eigenvalue weighted by Gasteiger charge is 2.45. The van der Waals surface area contributed by atoms with E-state index >= 15 is 0 Å². The summed E-state index contributed by atoms with van der Waals surface area (Å²) in [5.74, 6) is -1.41. The van der Waals surface area contributed by atoms with Gasteiger partial charge < -0.3 is 9.47 Å². The van der Waals surface area contributed by atoms with Crippen LogP contribution in [-0.2, 0) is 14.9 Å². The number of carbonyl (C=O) groups is 1. The van der Waals surface area contributed by atoms with Gasteiger partial charge in [0.2, 0.25) is 5.88 Å². The van der Waals surface area contributed by atoms with Crippen LogP contribution in [0, 0.1) is 28.6 Å². The molecule has 0 spiro atoms. The van der Waals surface area contributed by atoms with Crippen molar-refractivity contribution in [1.29, 1.82) is 10.5 Å². The average molecular weight is 273 g/mol. The molecule has 1 aromatic rings. The Morgan fingerprint density at radius 2 is 2.10 bits per heavy atom. The predicted octanol–water partition coefficient (Wildman–Crippen LogP) is 1.57. The molecular weight excluding hydrogens is 258 g/mol. The van der Waals surface area contributed by atoms with Crippen LogP contribution in [0.2, 0.25) is 0 Å². The summed E-state index contributed by atoms with van der Waals surface area (Å²) >= 11 is 0. The number of aromatic nitrogens is 1. The normalized spacial score (nSPS) is 12.9. The van der Waals surface area contributed by atoms with Gasteiger partial charge in [0.1, 0.15) is 5.41 Å². The van der Waals surface area contributed by atoms with Gasteiger partial charge in [-0.1, -0.05) is 6.07 Å². The monoisotopic (exact) mass is 273 g/mol. The van der Waals surface area contributed by atoms with Crippen LogP contribution < -0.4 is 4.74 Å². The molecule has 1 aromatic heterocycles. The van der Waals surface area contributed by atoms with Crippen LogP contribution in [0.1, 0.15) is 19.4 Å². The molecule has 6 heteroatoms. The van der Waals surface area contributed by atoms with E-state index in [2.05, 4.69) is 4.98 Å². The Hall–Kier alpha value is -2.60. The standard InChI is InChI=1S/C14H15N3O3/c1-4-20-13(18)14(2,11(7-15)8-16)10-5-6-12(19-3)17-9-10/h5-6,9,11H,4H2,1-3H3/t14-/m0/s1. The lowest BCUT2D eigenvalue weighted by atomic mass is 9.73. The fourth-order valence-corrected chi connectivity index (χ4v) is 1.78. The molecule has 6 nitrogen and oxygen atoms in total. The summed E-state index contributed by atoms with van der Waals surface area (Å²) < 4.78 is 9.95. The average Bonchev–Trinajstić information content (AvgIpc) is 2.48. The Labute approximate surface area is 117 Å². The molecule has 0 bridgehead atoms. The van der Waals surface area contributed by atoms with Gasteiger partial charge in [-0.05, 0) is 19.4 Å². The molecule has 0 aliphatic rings. The molecule has 0 amide bonds. The van der Waals surface area contributed by atoms with Gasteiger partial charge in [-0.3, -0.25) is 4.79 Å². The number of hydrogen-bond donors (Lipinski definition) is 0. The number of nitrogens with zero attached hydrogens (tertiary/aromatic N) is 3. The number of pyridine rings is 1. The van der Waals surface area contributed by atoms with Gasteiger partial charge in [0, 0.05) is 12.3 Å². The van der Waals surface area contributed by atoms with E-state index in [0.29, 0.717) is 11.4 Å². The number of nitriles is 2. The molecule has 0 saturated heterocycles. The molecule has 0 unspecified atom stereocenters. The van der Waals surface area contributed by atoms with Crippen molar-refractivity contribution >= 4 is 5.97 Å². The summed E-state index contributed by atoms with van der Waals surface area (Å²) in [6.07, 6.45) is 1.41. The van der Waals surface area contributed by atoms with Gasteiger partial charge in [-0.2, -0.15) is 10.5 Å². The summed E-state index contributed by atoms with van der Waals surface area (Å²) in [7, 11) is 1.47. The van der Waals surface area contributed by atoms with Crippen molar-refractivity contribution in [3.05, 3.63) is 23.9 Å². The van der Waals surface area contributed by atoms with Crippen molar-refractivity contribution in [3.8, 4) is 18.0 Å². The van der Waals surface area contributed by atoms with E-state index in [0.717, 1.165) is 0 Å². The van der Waals surface area contributed by atoms with Crippen LogP contribution in [-0.4, -0.2) is 24.7 Å². The van der Waals surface area contributed by atoms with Crippen LogP contribution in [0.25, 0.3) is 0 Å². The fraction of sp³-hybridized carbons (Fsp3) is 0.429. The Morgan fingerprint density at radius 1 is 1.45 bits per heavy atom. The van der Waals surface area contributed by atoms with E-state index in [1.54, 1.807) is 19.1 Å². The first-order chi connectivity index (χ1) is 9.54. The minimum absolute atomic E-state index is 0.168. The van der Waals surface area contributed by atoms with E-state index in [1.165, 1.54) is 20.2 Å². The number of esters is 1. The zero-order valence-corrected chi connectivity index (χ0v) is 11.6. The maximum atomic E-state index is 12.2. The lowest BCUT2D eigenvalue weighted by Gasteiger charge is -2.28. The minimum atomic E-state index is -1.39. The van der Waals surface area contributed by atoms with E-state index in [1.807, 2.05) is 12.1 Å². The zero-order valence-electron chi connectivity index (χ0n) is 11.6. The molecule has 1 atom stereocenters. The van der Waals surface area contributed by atoms with Gasteiger partial charge >= 0.3 is 5.97 Å². The predicted molar refractivity (Wildman–Crippen MR) is 69.5 cm³/mol. The summed E-state index contributed by atoms with van der Waals surface area (Å²) in [5, 5.41) is 18.2. The van der Waals surface area contributed by atoms with Crippen LogP contribution in [0.5, 0.6) is 5.88 Å². The number of rotatable bonds is 5. The Bertz CT molecular complexity index is 543. The zero-order chi connectivity index (χ0) is 15.2. The van der Waals surface area contributed by atoms with E-state index in [9.17, 15) is 4.79 Å². The first-order valence-corrected chi connectivity index (χ1v) is 6.01. The van der Waals surface area contributed by atoms with Crippen LogP contribution in [0.15, 0.2) is 18.3 Å². The Balaban J connectivity index is 3.33. The van der Waals surface area contributed by atoms with E-state index in [-0.39, 0.29) is 6.61 Å². The van der Waals surface area contributed by atoms with Crippen molar-refractivity contribution in [2.45, 2.75) is 19.3 Å². The molecule has 20 heavy (non-hydrogen) atoms. The second-order valence-electron chi connectivity index (χ2n) is 4.20. The largest absolute Gasteiger partial charge is 0.481 e. The van der Waals surface area contributed by atoms with Crippen LogP contribution >= 0.6 is 0 Å². The van der Waals surface area contributed by atoms with Gasteiger partial charge in [-0.25, -0.2) is 4.98 Å². The van der Waals surface area contributed by atoms with Crippen molar-refractivity contribution in [2.75, 3.05) is 13.7 Å². The topological polar surface area (TPSA) is 96.0 Å². The van der Waals surface area contributed by atoms with Gasteiger partial charge in [-0.15, -0.1) is 0 Å². The van der Waals surface area contributed by atoms with Gasteiger partial charge in [0.25, 0.3) is 0 Å². The third-order valence-corrected chi connectivity index (χ3v) is 3.08. The number of ether oxygens (including phenoxy) is 2. The lowest BCUT2D eigenvalue weighted by molar-refractivity contribution is -0.150. The Kier molecular flexibility index (Phi) is 5.05. The first-order valence-electron chi connectivity index (χ1n) is 6.01. The molecule has 1 heterocycles. The minimum Gasteiger partial charge on any atom is -0.481 e. The number of carbonyl (C=O) groups excluding carboxylic acids is 1. The number of hydrogen-bond acceptors (Lipinski definition) is 6. The summed E-state index contributed by atoms with van der Waals surface area (Å²) in [4.78, 5) is 16.2. The van der Waals surface area contributed by atoms with Crippen LogP contribution in [0.3, 0.4) is 0 Å². The molecule has 104 valence electrons. The third kappa shape index (κ3) is 2.70. The maximum Gasteiger partial charge on any atom is 0.318 e. The molecule has 0 aliphatic heterocycles. The summed E-state index contributed by atoms with van der Waals surface area (Å²) in [6, 6.07) is 6.85. The quantitative estimate of drug-likeness (QED) is 0.755. The SMILES string of the molecule is CCOC(=O)[C@@](C)(c1ccc(OC)nc1)C(C#N)C#N. The first kappa shape index (κ1) is 15.5. The van der Waals surface area contributed by atoms with Gasteiger partial charge in [0.05, 0.1) is 25.9 Å². The highest BCUT2D eigenvalue weighted by atomic mass is 16.5. The molecule has 0 N–H and O–H groups in total. The fourth-order valence-electron chi connectivity index (χ4n) is 1.78. The van der Waals surface area contributed by atoms with Crippen molar-refractivity contribution in [1.82, 2.24) is 4.98 Å². The highest BCUT2D eigenvalue weighted by Crippen LogP contribution is 2.33. The molecule has 0 saturated carbocycles. The molecular formula is C14H15N3O3. The third-order valence-electron chi connectivity index (χ3n) is 3.08. The summed E-state index contributed by atoms with van der Waals surface area (Å²) in [6.45, 7) is 3.34. The maximum absolute atomic E-state index is 12.2. The molecule has 1 rings (SSSR count). The van der Waals surface area contributed by atoms with Crippen molar-refractivity contribution < 1.29 is 14.3 Å². The molecule has 0 aromatic carbocycles. The number of methoxy groups -OCH3 is 1. The molecule has 0 fully saturated rings. The van der Waals surface area contributed by atoms with Gasteiger partial charge in [0.15, 0.2) is 5.92 Å². The van der Waals surface area contributed by atoms with Crippen LogP contribution in [0.4, 0.5) is 0 Å².